The van der Waals surface area contributed by atoms with E-state index in [1.54, 1.807) is 18.2 Å². The predicted molar refractivity (Wildman–Crippen MR) is 115 cm³/mol. The lowest BCUT2D eigenvalue weighted by molar-refractivity contribution is -0.117. The predicted octanol–water partition coefficient (Wildman–Crippen LogP) is 3.95. The van der Waals surface area contributed by atoms with Crippen molar-refractivity contribution in [3.63, 3.8) is 0 Å². The van der Waals surface area contributed by atoms with Gasteiger partial charge in [-0.1, -0.05) is 36.8 Å². The maximum Gasteiger partial charge on any atom is 0.251 e. The van der Waals surface area contributed by atoms with Crippen molar-refractivity contribution in [2.24, 2.45) is 5.92 Å². The number of hydrogen-bond acceptors (Lipinski definition) is 3. The second-order valence-corrected chi connectivity index (χ2v) is 8.18. The number of hydrogen-bond donors (Lipinski definition) is 2. The molecule has 5 heteroatoms. The Morgan fingerprint density at radius 1 is 0.931 bits per heavy atom. The van der Waals surface area contributed by atoms with Crippen molar-refractivity contribution in [1.29, 1.82) is 0 Å². The highest BCUT2D eigenvalue weighted by Gasteiger charge is 2.29. The van der Waals surface area contributed by atoms with Crippen LogP contribution in [0.15, 0.2) is 48.5 Å². The first-order chi connectivity index (χ1) is 14.2. The van der Waals surface area contributed by atoms with Crippen molar-refractivity contribution < 1.29 is 9.59 Å². The minimum absolute atomic E-state index is 0.0483. The van der Waals surface area contributed by atoms with Crippen LogP contribution in [0.5, 0.6) is 0 Å². The van der Waals surface area contributed by atoms with Gasteiger partial charge in [0.1, 0.15) is 0 Å². The van der Waals surface area contributed by atoms with E-state index in [2.05, 4.69) is 39.8 Å². The molecule has 2 fully saturated rings. The molecule has 1 aliphatic heterocycles. The number of rotatable bonds is 7. The molecule has 2 aromatic carbocycles. The van der Waals surface area contributed by atoms with Gasteiger partial charge >= 0.3 is 0 Å². The fraction of sp³-hybridized carbons (Fsp3) is 0.417. The van der Waals surface area contributed by atoms with Crippen molar-refractivity contribution in [3.05, 3.63) is 65.2 Å². The molecule has 0 spiro atoms. The summed E-state index contributed by atoms with van der Waals surface area (Å²) in [7, 11) is 0. The van der Waals surface area contributed by atoms with Gasteiger partial charge < -0.3 is 10.6 Å². The van der Waals surface area contributed by atoms with Crippen molar-refractivity contribution in [2.75, 3.05) is 18.4 Å². The van der Waals surface area contributed by atoms with E-state index in [4.69, 9.17) is 0 Å². The van der Waals surface area contributed by atoms with Gasteiger partial charge in [-0.15, -0.1) is 0 Å². The van der Waals surface area contributed by atoms with Crippen LogP contribution in [0.1, 0.15) is 53.6 Å². The first kappa shape index (κ1) is 19.6. The SMILES string of the molecule is O=C(NCc1ccc(CN2CCCCC2)cc1)c1cccc(NC(=O)C2CC2)c1. The maximum atomic E-state index is 12.5. The fourth-order valence-corrected chi connectivity index (χ4v) is 3.75. The van der Waals surface area contributed by atoms with Crippen LogP contribution in [0.2, 0.25) is 0 Å². The van der Waals surface area contributed by atoms with E-state index in [1.165, 1.54) is 37.9 Å². The summed E-state index contributed by atoms with van der Waals surface area (Å²) in [6, 6.07) is 15.6. The largest absolute Gasteiger partial charge is 0.348 e. The van der Waals surface area contributed by atoms with E-state index in [1.807, 2.05) is 6.07 Å². The molecule has 2 aromatic rings. The molecule has 5 nitrogen and oxygen atoms in total. The summed E-state index contributed by atoms with van der Waals surface area (Å²) in [6.07, 6.45) is 5.88. The molecule has 152 valence electrons. The molecule has 1 saturated heterocycles. The normalized spacial score (nSPS) is 17.0. The molecule has 4 rings (SSSR count). The molecule has 29 heavy (non-hydrogen) atoms. The summed E-state index contributed by atoms with van der Waals surface area (Å²) in [5, 5.41) is 5.86. The summed E-state index contributed by atoms with van der Waals surface area (Å²) < 4.78 is 0. The summed E-state index contributed by atoms with van der Waals surface area (Å²) in [4.78, 5) is 26.9. The molecule has 1 aliphatic carbocycles. The molecular formula is C24H29N3O2. The molecule has 0 aromatic heterocycles. The molecule has 1 saturated carbocycles. The number of likely N-dealkylation sites (tertiary alicyclic amines) is 1. The van der Waals surface area contributed by atoms with E-state index in [0.717, 1.165) is 24.9 Å². The van der Waals surface area contributed by atoms with Gasteiger partial charge in [-0.05, 0) is 68.1 Å². The van der Waals surface area contributed by atoms with Gasteiger partial charge in [-0.25, -0.2) is 0 Å². The second-order valence-electron chi connectivity index (χ2n) is 8.18. The third-order valence-corrected chi connectivity index (χ3v) is 5.67. The third kappa shape index (κ3) is 5.67. The average molecular weight is 392 g/mol. The lowest BCUT2D eigenvalue weighted by Gasteiger charge is -2.26. The number of piperidine rings is 1. The molecule has 2 aliphatic rings. The summed E-state index contributed by atoms with van der Waals surface area (Å²) in [5.74, 6) is 0.0579. The van der Waals surface area contributed by atoms with Gasteiger partial charge in [0.15, 0.2) is 0 Å². The minimum Gasteiger partial charge on any atom is -0.348 e. The number of nitrogens with zero attached hydrogens (tertiary/aromatic N) is 1. The van der Waals surface area contributed by atoms with Gasteiger partial charge in [0, 0.05) is 30.3 Å². The molecule has 0 bridgehead atoms. The van der Waals surface area contributed by atoms with Crippen LogP contribution in [-0.2, 0) is 17.9 Å². The summed E-state index contributed by atoms with van der Waals surface area (Å²) in [6.45, 7) is 3.88. The number of amides is 2. The molecule has 0 radical (unpaired) electrons. The van der Waals surface area contributed by atoms with E-state index >= 15 is 0 Å². The zero-order valence-electron chi connectivity index (χ0n) is 16.8. The van der Waals surface area contributed by atoms with Gasteiger partial charge in [0.25, 0.3) is 5.91 Å². The van der Waals surface area contributed by atoms with Crippen molar-refractivity contribution in [1.82, 2.24) is 10.2 Å². The number of carbonyl (C=O) groups excluding carboxylic acids is 2. The van der Waals surface area contributed by atoms with Crippen LogP contribution in [0.25, 0.3) is 0 Å². The highest BCUT2D eigenvalue weighted by molar-refractivity contribution is 5.98. The topological polar surface area (TPSA) is 61.4 Å². The van der Waals surface area contributed by atoms with Crippen LogP contribution >= 0.6 is 0 Å². The average Bonchev–Trinajstić information content (AvgIpc) is 3.60. The quantitative estimate of drug-likeness (QED) is 0.751. The third-order valence-electron chi connectivity index (χ3n) is 5.67. The highest BCUT2D eigenvalue weighted by atomic mass is 16.2. The minimum atomic E-state index is -0.134. The number of nitrogens with one attached hydrogen (secondary N) is 2. The van der Waals surface area contributed by atoms with Gasteiger partial charge in [-0.3, -0.25) is 14.5 Å². The Morgan fingerprint density at radius 2 is 1.66 bits per heavy atom. The van der Waals surface area contributed by atoms with Gasteiger partial charge in [-0.2, -0.15) is 0 Å². The van der Waals surface area contributed by atoms with E-state index in [9.17, 15) is 9.59 Å². The Morgan fingerprint density at radius 3 is 2.38 bits per heavy atom. The summed E-state index contributed by atoms with van der Waals surface area (Å²) in [5.41, 5.74) is 3.64. The molecule has 0 unspecified atom stereocenters. The maximum absolute atomic E-state index is 12.5. The Hall–Kier alpha value is -2.66. The van der Waals surface area contributed by atoms with E-state index < -0.39 is 0 Å². The van der Waals surface area contributed by atoms with Crippen molar-refractivity contribution >= 4 is 17.5 Å². The standard InChI is InChI=1S/C24H29N3O2/c28-23(21-5-4-6-22(15-21)26-24(29)20-11-12-20)25-16-18-7-9-19(10-8-18)17-27-13-2-1-3-14-27/h4-10,15,20H,1-3,11-14,16-17H2,(H,25,28)(H,26,29). The number of anilines is 1. The molecule has 2 N–H and O–H groups in total. The number of carbonyl (C=O) groups is 2. The Bertz CT molecular complexity index is 853. The van der Waals surface area contributed by atoms with Crippen LogP contribution in [0.4, 0.5) is 5.69 Å². The van der Waals surface area contributed by atoms with Crippen molar-refractivity contribution in [3.8, 4) is 0 Å². The number of benzene rings is 2. The van der Waals surface area contributed by atoms with E-state index in [-0.39, 0.29) is 17.7 Å². The molecule has 0 atom stereocenters. The van der Waals surface area contributed by atoms with Gasteiger partial charge in [0.2, 0.25) is 5.91 Å². The second kappa shape index (κ2) is 9.23. The Kier molecular flexibility index (Phi) is 6.25. The summed E-state index contributed by atoms with van der Waals surface area (Å²) >= 11 is 0. The van der Waals surface area contributed by atoms with Crippen molar-refractivity contribution in [2.45, 2.75) is 45.2 Å². The van der Waals surface area contributed by atoms with Gasteiger partial charge in [0.05, 0.1) is 0 Å². The Labute approximate surface area is 172 Å². The van der Waals surface area contributed by atoms with Crippen LogP contribution in [0.3, 0.4) is 0 Å². The zero-order chi connectivity index (χ0) is 20.1. The van der Waals surface area contributed by atoms with Crippen LogP contribution in [-0.4, -0.2) is 29.8 Å². The lowest BCUT2D eigenvalue weighted by Crippen LogP contribution is -2.29. The Balaban J connectivity index is 1.28. The van der Waals surface area contributed by atoms with E-state index in [0.29, 0.717) is 17.8 Å². The fourth-order valence-electron chi connectivity index (χ4n) is 3.75. The smallest absolute Gasteiger partial charge is 0.251 e. The molecule has 2 amide bonds. The molecule has 1 heterocycles. The van der Waals surface area contributed by atoms with Crippen LogP contribution < -0.4 is 10.6 Å². The zero-order valence-corrected chi connectivity index (χ0v) is 16.8. The highest BCUT2D eigenvalue weighted by Crippen LogP contribution is 2.30. The lowest BCUT2D eigenvalue weighted by atomic mass is 10.1. The first-order valence-corrected chi connectivity index (χ1v) is 10.7. The van der Waals surface area contributed by atoms with Crippen LogP contribution in [0, 0.1) is 5.92 Å². The first-order valence-electron chi connectivity index (χ1n) is 10.7. The molecular weight excluding hydrogens is 362 g/mol. The monoisotopic (exact) mass is 391 g/mol.